The van der Waals surface area contributed by atoms with E-state index in [4.69, 9.17) is 0 Å². The van der Waals surface area contributed by atoms with E-state index in [0.717, 1.165) is 64.6 Å². The molecule has 2 fully saturated rings. The summed E-state index contributed by atoms with van der Waals surface area (Å²) in [6, 6.07) is -0.126. The molecular formula is C23H42N2O4. The third kappa shape index (κ3) is 11.8. The standard InChI is InChI=1S/C10H17NO2.C8H15NO.C5H10O/c1-3-5-10(13)11-7-4-6-9(11)8(2)12;1-2-5-8(10)9-6-3-4-7-9;1-3-4-5(2)6/h9H,3-7H2,1-2H3;2-7H2,1H3;3-4H2,1-2H3. The van der Waals surface area contributed by atoms with Gasteiger partial charge in [-0.2, -0.15) is 0 Å². The van der Waals surface area contributed by atoms with Crippen molar-refractivity contribution in [3.05, 3.63) is 0 Å². The van der Waals surface area contributed by atoms with Gasteiger partial charge in [-0.25, -0.2) is 0 Å². The second kappa shape index (κ2) is 16.1. The van der Waals surface area contributed by atoms with E-state index in [1.807, 2.05) is 25.7 Å². The van der Waals surface area contributed by atoms with Crippen molar-refractivity contribution in [1.29, 1.82) is 0 Å². The summed E-state index contributed by atoms with van der Waals surface area (Å²) < 4.78 is 0. The predicted octanol–water partition coefficient (Wildman–Crippen LogP) is 4.15. The summed E-state index contributed by atoms with van der Waals surface area (Å²) in [5, 5.41) is 0. The zero-order chi connectivity index (χ0) is 22.2. The summed E-state index contributed by atoms with van der Waals surface area (Å²) in [5.74, 6) is 0.902. The summed E-state index contributed by atoms with van der Waals surface area (Å²) in [6.07, 6.45) is 9.10. The van der Waals surface area contributed by atoms with Crippen LogP contribution in [0, 0.1) is 0 Å². The fourth-order valence-electron chi connectivity index (χ4n) is 3.54. The van der Waals surface area contributed by atoms with E-state index in [1.165, 1.54) is 12.8 Å². The first kappa shape index (κ1) is 27.3. The van der Waals surface area contributed by atoms with Crippen molar-refractivity contribution in [3.8, 4) is 0 Å². The van der Waals surface area contributed by atoms with Gasteiger partial charge in [-0.3, -0.25) is 14.4 Å². The third-order valence-corrected chi connectivity index (χ3v) is 5.03. The van der Waals surface area contributed by atoms with E-state index in [0.29, 0.717) is 12.3 Å². The van der Waals surface area contributed by atoms with Gasteiger partial charge in [0, 0.05) is 38.9 Å². The summed E-state index contributed by atoms with van der Waals surface area (Å²) in [6.45, 7) is 12.0. The monoisotopic (exact) mass is 410 g/mol. The van der Waals surface area contributed by atoms with Crippen LogP contribution in [0.1, 0.15) is 98.8 Å². The number of ketones is 2. The highest BCUT2D eigenvalue weighted by Gasteiger charge is 2.30. The Labute approximate surface area is 177 Å². The molecule has 29 heavy (non-hydrogen) atoms. The van der Waals surface area contributed by atoms with E-state index in [-0.39, 0.29) is 23.5 Å². The van der Waals surface area contributed by atoms with Crippen LogP contribution in [0.15, 0.2) is 0 Å². The Hall–Kier alpha value is -1.72. The molecule has 2 heterocycles. The molecule has 0 saturated carbocycles. The molecule has 0 bridgehead atoms. The smallest absolute Gasteiger partial charge is 0.223 e. The van der Waals surface area contributed by atoms with Crippen LogP contribution in [0.25, 0.3) is 0 Å². The second-order valence-electron chi connectivity index (χ2n) is 7.90. The Morgan fingerprint density at radius 3 is 1.66 bits per heavy atom. The van der Waals surface area contributed by atoms with Crippen LogP contribution in [-0.4, -0.2) is 58.9 Å². The molecule has 0 aliphatic carbocycles. The number of hydrogen-bond acceptors (Lipinski definition) is 4. The van der Waals surface area contributed by atoms with Crippen molar-refractivity contribution in [2.45, 2.75) is 105 Å². The largest absolute Gasteiger partial charge is 0.343 e. The van der Waals surface area contributed by atoms with Gasteiger partial charge in [-0.1, -0.05) is 20.8 Å². The van der Waals surface area contributed by atoms with Crippen molar-refractivity contribution in [2.75, 3.05) is 19.6 Å². The number of carbonyl (C=O) groups excluding carboxylic acids is 4. The zero-order valence-electron chi connectivity index (χ0n) is 19.3. The Balaban J connectivity index is 0.000000436. The Bertz CT molecular complexity index is 513. The predicted molar refractivity (Wildman–Crippen MR) is 117 cm³/mol. The second-order valence-corrected chi connectivity index (χ2v) is 7.90. The molecule has 0 spiro atoms. The van der Waals surface area contributed by atoms with Crippen LogP contribution in [0.2, 0.25) is 0 Å². The fourth-order valence-corrected chi connectivity index (χ4v) is 3.54. The maximum absolute atomic E-state index is 11.5. The molecule has 6 nitrogen and oxygen atoms in total. The number of likely N-dealkylation sites (tertiary alicyclic amines) is 2. The van der Waals surface area contributed by atoms with Gasteiger partial charge in [-0.05, 0) is 58.8 Å². The van der Waals surface area contributed by atoms with Gasteiger partial charge in [0.1, 0.15) is 5.78 Å². The molecule has 0 aromatic rings. The molecule has 0 aromatic carbocycles. The van der Waals surface area contributed by atoms with E-state index < -0.39 is 0 Å². The van der Waals surface area contributed by atoms with Crippen molar-refractivity contribution in [2.24, 2.45) is 0 Å². The minimum Gasteiger partial charge on any atom is -0.343 e. The lowest BCUT2D eigenvalue weighted by Gasteiger charge is -2.22. The van der Waals surface area contributed by atoms with Crippen molar-refractivity contribution >= 4 is 23.4 Å². The van der Waals surface area contributed by atoms with Crippen molar-refractivity contribution in [3.63, 3.8) is 0 Å². The molecule has 2 saturated heterocycles. The lowest BCUT2D eigenvalue weighted by molar-refractivity contribution is -0.136. The molecule has 0 aromatic heterocycles. The summed E-state index contributed by atoms with van der Waals surface area (Å²) >= 11 is 0. The molecule has 2 amide bonds. The van der Waals surface area contributed by atoms with Crippen molar-refractivity contribution < 1.29 is 19.2 Å². The molecule has 1 atom stereocenters. The van der Waals surface area contributed by atoms with Gasteiger partial charge in [0.15, 0.2) is 5.78 Å². The summed E-state index contributed by atoms with van der Waals surface area (Å²) in [5.41, 5.74) is 0. The average Bonchev–Trinajstić information content (AvgIpc) is 3.35. The quantitative estimate of drug-likeness (QED) is 0.632. The molecule has 2 aliphatic heterocycles. The van der Waals surface area contributed by atoms with Gasteiger partial charge in [0.25, 0.3) is 0 Å². The molecular weight excluding hydrogens is 368 g/mol. The SMILES string of the molecule is CCCC(=O)N1CCCC1.CCCC(=O)N1CCCC1C(C)=O.CCCC(C)=O. The van der Waals surface area contributed by atoms with E-state index in [9.17, 15) is 19.2 Å². The third-order valence-electron chi connectivity index (χ3n) is 5.03. The topological polar surface area (TPSA) is 74.8 Å². The number of Topliss-reactive ketones (excluding diaryl/α,β-unsaturated/α-hetero) is 2. The van der Waals surface area contributed by atoms with Crippen LogP contribution in [0.3, 0.4) is 0 Å². The van der Waals surface area contributed by atoms with Crippen LogP contribution >= 0.6 is 0 Å². The highest BCUT2D eigenvalue weighted by Crippen LogP contribution is 2.19. The van der Waals surface area contributed by atoms with Gasteiger partial charge in [0.2, 0.25) is 11.8 Å². The first-order valence-corrected chi connectivity index (χ1v) is 11.3. The first-order chi connectivity index (χ1) is 13.8. The first-order valence-electron chi connectivity index (χ1n) is 11.3. The number of nitrogens with zero attached hydrogens (tertiary/aromatic N) is 2. The van der Waals surface area contributed by atoms with Crippen LogP contribution < -0.4 is 0 Å². The molecule has 0 N–H and O–H groups in total. The lowest BCUT2D eigenvalue weighted by Crippen LogP contribution is -2.39. The molecule has 2 aliphatic rings. The number of carbonyl (C=O) groups is 4. The van der Waals surface area contributed by atoms with Crippen LogP contribution in [0.4, 0.5) is 0 Å². The minimum atomic E-state index is -0.126. The van der Waals surface area contributed by atoms with Crippen molar-refractivity contribution in [1.82, 2.24) is 9.80 Å². The highest BCUT2D eigenvalue weighted by molar-refractivity contribution is 5.88. The number of amides is 2. The number of hydrogen-bond donors (Lipinski definition) is 0. The van der Waals surface area contributed by atoms with E-state index in [1.54, 1.807) is 18.7 Å². The van der Waals surface area contributed by atoms with Gasteiger partial charge in [0.05, 0.1) is 6.04 Å². The molecule has 1 unspecified atom stereocenters. The van der Waals surface area contributed by atoms with E-state index in [2.05, 4.69) is 0 Å². The van der Waals surface area contributed by atoms with Gasteiger partial charge >= 0.3 is 0 Å². The molecule has 168 valence electrons. The normalized spacial score (nSPS) is 17.8. The number of rotatable bonds is 7. The molecule has 2 rings (SSSR count). The average molecular weight is 411 g/mol. The molecule has 0 radical (unpaired) electrons. The lowest BCUT2D eigenvalue weighted by atomic mass is 10.1. The van der Waals surface area contributed by atoms with Crippen LogP contribution in [-0.2, 0) is 19.2 Å². The Morgan fingerprint density at radius 2 is 1.24 bits per heavy atom. The van der Waals surface area contributed by atoms with Gasteiger partial charge < -0.3 is 14.6 Å². The zero-order valence-corrected chi connectivity index (χ0v) is 19.3. The van der Waals surface area contributed by atoms with E-state index >= 15 is 0 Å². The summed E-state index contributed by atoms with van der Waals surface area (Å²) in [7, 11) is 0. The maximum Gasteiger partial charge on any atom is 0.223 e. The van der Waals surface area contributed by atoms with Gasteiger partial charge in [-0.15, -0.1) is 0 Å². The van der Waals surface area contributed by atoms with Crippen LogP contribution in [0.5, 0.6) is 0 Å². The Kier molecular flexibility index (Phi) is 15.2. The fraction of sp³-hybridized carbons (Fsp3) is 0.826. The highest BCUT2D eigenvalue weighted by atomic mass is 16.2. The molecule has 6 heteroatoms. The minimum absolute atomic E-state index is 0.126. The summed E-state index contributed by atoms with van der Waals surface area (Å²) in [4.78, 5) is 47.6. The Morgan fingerprint density at radius 1 is 0.724 bits per heavy atom. The maximum atomic E-state index is 11.5.